The molecule has 2 atom stereocenters. The van der Waals surface area contributed by atoms with Crippen LogP contribution in [0.2, 0.25) is 0 Å². The van der Waals surface area contributed by atoms with Crippen LogP contribution in [-0.4, -0.2) is 27.1 Å². The van der Waals surface area contributed by atoms with Crippen LogP contribution in [0.3, 0.4) is 0 Å². The van der Waals surface area contributed by atoms with Crippen molar-refractivity contribution in [1.82, 2.24) is 9.88 Å². The summed E-state index contributed by atoms with van der Waals surface area (Å²) in [6.07, 6.45) is 3.63. The van der Waals surface area contributed by atoms with Gasteiger partial charge in [0.2, 0.25) is 0 Å². The summed E-state index contributed by atoms with van der Waals surface area (Å²) in [6, 6.07) is 18.7. The minimum atomic E-state index is -0.911. The number of hydrogen-bond acceptors (Lipinski definition) is 4. The van der Waals surface area contributed by atoms with Crippen molar-refractivity contribution in [2.24, 2.45) is 0 Å². The quantitative estimate of drug-likeness (QED) is 0.945. The Balaban J connectivity index is 1.56. The fraction of sp³-hybridized carbons (Fsp3) is 0.400. The van der Waals surface area contributed by atoms with Crippen molar-refractivity contribution >= 4 is 0 Å². The lowest BCUT2D eigenvalue weighted by atomic mass is 9.83. The van der Waals surface area contributed by atoms with Crippen LogP contribution in [0.5, 0.6) is 0 Å². The number of rotatable bonds is 3. The normalized spacial score (nSPS) is 29.3. The Morgan fingerprint density at radius 3 is 2.46 bits per heavy atom. The standard InChI is InChI=1S/C20H21N3O/c21-13-16-7-4-8-19(22-16)20(24)11-17-9-10-18(12-20)23(17)14-15-5-2-1-3-6-15/h1-8,17-18,24H,9-12,14H2. The number of fused-ring (bicyclic) bond motifs is 2. The van der Waals surface area contributed by atoms with Crippen LogP contribution in [0.25, 0.3) is 0 Å². The Hall–Kier alpha value is -2.22. The number of aliphatic hydroxyl groups is 1. The number of piperidine rings is 1. The number of nitriles is 1. The molecule has 2 unspecified atom stereocenters. The minimum absolute atomic E-state index is 0.375. The van der Waals surface area contributed by atoms with Gasteiger partial charge in [-0.2, -0.15) is 5.26 Å². The van der Waals surface area contributed by atoms with Crippen molar-refractivity contribution < 1.29 is 5.11 Å². The first kappa shape index (κ1) is 15.3. The third kappa shape index (κ3) is 2.71. The van der Waals surface area contributed by atoms with Gasteiger partial charge >= 0.3 is 0 Å². The van der Waals surface area contributed by atoms with E-state index in [9.17, 15) is 5.11 Å². The molecule has 0 aliphatic carbocycles. The van der Waals surface area contributed by atoms with E-state index in [1.54, 1.807) is 6.07 Å². The maximum Gasteiger partial charge on any atom is 0.140 e. The van der Waals surface area contributed by atoms with Crippen molar-refractivity contribution in [2.45, 2.75) is 49.9 Å². The summed E-state index contributed by atoms with van der Waals surface area (Å²) in [4.78, 5) is 6.90. The van der Waals surface area contributed by atoms with E-state index in [0.29, 0.717) is 36.3 Å². The molecule has 24 heavy (non-hydrogen) atoms. The molecule has 1 aromatic heterocycles. The molecule has 1 N–H and O–H groups in total. The highest BCUT2D eigenvalue weighted by Gasteiger charge is 2.48. The largest absolute Gasteiger partial charge is 0.383 e. The lowest BCUT2D eigenvalue weighted by Gasteiger charge is -2.43. The summed E-state index contributed by atoms with van der Waals surface area (Å²) in [5.41, 5.74) is 1.44. The van der Waals surface area contributed by atoms with Gasteiger partial charge in [0.25, 0.3) is 0 Å². The monoisotopic (exact) mass is 319 g/mol. The van der Waals surface area contributed by atoms with Crippen LogP contribution >= 0.6 is 0 Å². The van der Waals surface area contributed by atoms with Crippen LogP contribution in [0.4, 0.5) is 0 Å². The second-order valence-corrected chi connectivity index (χ2v) is 7.00. The van der Waals surface area contributed by atoms with E-state index in [4.69, 9.17) is 5.26 Å². The van der Waals surface area contributed by atoms with E-state index in [1.165, 1.54) is 5.56 Å². The van der Waals surface area contributed by atoms with E-state index < -0.39 is 5.60 Å². The Labute approximate surface area is 142 Å². The first-order chi connectivity index (χ1) is 11.7. The molecule has 4 heteroatoms. The van der Waals surface area contributed by atoms with Gasteiger partial charge in [-0.25, -0.2) is 4.98 Å². The molecule has 0 radical (unpaired) electrons. The Kier molecular flexibility index (Phi) is 3.84. The molecule has 4 nitrogen and oxygen atoms in total. The number of pyridine rings is 1. The average Bonchev–Trinajstić information content (AvgIpc) is 2.86. The van der Waals surface area contributed by atoms with Gasteiger partial charge in [-0.15, -0.1) is 0 Å². The summed E-state index contributed by atoms with van der Waals surface area (Å²) >= 11 is 0. The minimum Gasteiger partial charge on any atom is -0.383 e. The van der Waals surface area contributed by atoms with E-state index in [-0.39, 0.29) is 0 Å². The molecule has 2 aromatic rings. The van der Waals surface area contributed by atoms with E-state index in [2.05, 4.69) is 40.2 Å². The highest BCUT2D eigenvalue weighted by atomic mass is 16.3. The van der Waals surface area contributed by atoms with Gasteiger partial charge in [-0.3, -0.25) is 4.90 Å². The van der Waals surface area contributed by atoms with Gasteiger partial charge in [0.05, 0.1) is 5.69 Å². The van der Waals surface area contributed by atoms with Gasteiger partial charge in [0.1, 0.15) is 17.4 Å². The van der Waals surface area contributed by atoms with Crippen LogP contribution in [0.1, 0.15) is 42.6 Å². The molecule has 1 aromatic carbocycles. The Bertz CT molecular complexity index is 754. The van der Waals surface area contributed by atoms with Crippen molar-refractivity contribution in [1.29, 1.82) is 5.26 Å². The molecule has 2 aliphatic rings. The molecule has 0 saturated carbocycles. The Morgan fingerprint density at radius 2 is 1.79 bits per heavy atom. The Morgan fingerprint density at radius 1 is 1.08 bits per heavy atom. The summed E-state index contributed by atoms with van der Waals surface area (Å²) in [5, 5.41) is 20.3. The molecule has 122 valence electrons. The fourth-order valence-corrected chi connectivity index (χ4v) is 4.33. The topological polar surface area (TPSA) is 60.1 Å². The molecule has 0 amide bonds. The summed E-state index contributed by atoms with van der Waals surface area (Å²) in [7, 11) is 0. The maximum atomic E-state index is 11.2. The molecule has 2 saturated heterocycles. The van der Waals surface area contributed by atoms with Crippen LogP contribution in [-0.2, 0) is 12.1 Å². The smallest absolute Gasteiger partial charge is 0.140 e. The fourth-order valence-electron chi connectivity index (χ4n) is 4.33. The predicted octanol–water partition coefficient (Wildman–Crippen LogP) is 2.97. The van der Waals surface area contributed by atoms with Gasteiger partial charge in [-0.05, 0) is 43.4 Å². The number of aromatic nitrogens is 1. The van der Waals surface area contributed by atoms with E-state index >= 15 is 0 Å². The first-order valence-corrected chi connectivity index (χ1v) is 8.58. The predicted molar refractivity (Wildman–Crippen MR) is 90.9 cm³/mol. The second-order valence-electron chi connectivity index (χ2n) is 7.00. The van der Waals surface area contributed by atoms with Gasteiger partial charge < -0.3 is 5.11 Å². The number of nitrogens with zero attached hydrogens (tertiary/aromatic N) is 3. The number of hydrogen-bond donors (Lipinski definition) is 1. The SMILES string of the molecule is N#Cc1cccc(C2(O)CC3CCC(C2)N3Cc2ccccc2)n1. The molecule has 2 bridgehead atoms. The molecule has 2 fully saturated rings. The van der Waals surface area contributed by atoms with Crippen molar-refractivity contribution in [3.63, 3.8) is 0 Å². The molecule has 4 rings (SSSR count). The van der Waals surface area contributed by atoms with E-state index in [0.717, 1.165) is 19.4 Å². The third-order valence-corrected chi connectivity index (χ3v) is 5.47. The average molecular weight is 319 g/mol. The van der Waals surface area contributed by atoms with Gasteiger partial charge in [-0.1, -0.05) is 36.4 Å². The van der Waals surface area contributed by atoms with Gasteiger partial charge in [0.15, 0.2) is 0 Å². The zero-order chi connectivity index (χ0) is 16.6. The van der Waals surface area contributed by atoms with Crippen molar-refractivity contribution in [2.75, 3.05) is 0 Å². The summed E-state index contributed by atoms with van der Waals surface area (Å²) < 4.78 is 0. The highest BCUT2D eigenvalue weighted by molar-refractivity contribution is 5.26. The zero-order valence-electron chi connectivity index (χ0n) is 13.6. The van der Waals surface area contributed by atoms with Crippen LogP contribution < -0.4 is 0 Å². The summed E-state index contributed by atoms with van der Waals surface area (Å²) in [6.45, 7) is 0.942. The lowest BCUT2D eigenvalue weighted by molar-refractivity contribution is -0.0623. The molecular formula is C20H21N3O. The summed E-state index contributed by atoms with van der Waals surface area (Å²) in [5.74, 6) is 0. The maximum absolute atomic E-state index is 11.2. The molecule has 2 aliphatic heterocycles. The number of benzene rings is 1. The second kappa shape index (κ2) is 6.01. The van der Waals surface area contributed by atoms with E-state index in [1.807, 2.05) is 18.2 Å². The van der Waals surface area contributed by atoms with Crippen molar-refractivity contribution in [3.05, 3.63) is 65.5 Å². The first-order valence-electron chi connectivity index (χ1n) is 8.58. The highest BCUT2D eigenvalue weighted by Crippen LogP contribution is 2.45. The van der Waals surface area contributed by atoms with Crippen LogP contribution in [0, 0.1) is 11.3 Å². The zero-order valence-corrected chi connectivity index (χ0v) is 13.6. The van der Waals surface area contributed by atoms with Crippen LogP contribution in [0.15, 0.2) is 48.5 Å². The lowest BCUT2D eigenvalue weighted by Crippen LogP contribution is -2.49. The molecule has 3 heterocycles. The van der Waals surface area contributed by atoms with Gasteiger partial charge in [0, 0.05) is 18.6 Å². The van der Waals surface area contributed by atoms with Crippen molar-refractivity contribution in [3.8, 4) is 6.07 Å². The third-order valence-electron chi connectivity index (χ3n) is 5.47. The molecular weight excluding hydrogens is 298 g/mol. The molecule has 0 spiro atoms.